The zero-order valence-corrected chi connectivity index (χ0v) is 16.1. The minimum absolute atomic E-state index is 0.120. The van der Waals surface area contributed by atoms with Crippen molar-refractivity contribution in [2.24, 2.45) is 0 Å². The molecule has 27 heavy (non-hydrogen) atoms. The number of aliphatic hydroxyl groups is 1. The van der Waals surface area contributed by atoms with Crippen molar-refractivity contribution in [2.45, 2.75) is 12.5 Å². The Labute approximate surface area is 162 Å². The van der Waals surface area contributed by atoms with Gasteiger partial charge in [-0.25, -0.2) is 0 Å². The molecule has 3 rings (SSSR count). The Balaban J connectivity index is 1.87. The molecule has 1 aliphatic rings. The smallest absolute Gasteiger partial charge is 0.290 e. The van der Waals surface area contributed by atoms with E-state index in [9.17, 15) is 14.7 Å². The van der Waals surface area contributed by atoms with E-state index in [-0.39, 0.29) is 5.57 Å². The fourth-order valence-electron chi connectivity index (χ4n) is 3.07. The van der Waals surface area contributed by atoms with Crippen molar-refractivity contribution >= 4 is 29.1 Å². The Morgan fingerprint density at radius 2 is 2.19 bits per heavy atom. The van der Waals surface area contributed by atoms with Gasteiger partial charge in [0.2, 0.25) is 0 Å². The molecule has 0 bridgehead atoms. The molecule has 6 nitrogen and oxygen atoms in total. The summed E-state index contributed by atoms with van der Waals surface area (Å²) in [6.45, 7) is 1.27. The van der Waals surface area contributed by atoms with Gasteiger partial charge in [0.1, 0.15) is 5.76 Å². The predicted octanol–water partition coefficient (Wildman–Crippen LogP) is 3.27. The van der Waals surface area contributed by atoms with Gasteiger partial charge >= 0.3 is 0 Å². The second-order valence-corrected chi connectivity index (χ2v) is 7.53. The molecule has 1 aliphatic heterocycles. The molecule has 0 radical (unpaired) electrons. The minimum Gasteiger partial charge on any atom is -0.503 e. The maximum Gasteiger partial charge on any atom is 0.290 e. The molecule has 2 aromatic heterocycles. The van der Waals surface area contributed by atoms with Crippen molar-refractivity contribution in [2.75, 3.05) is 27.2 Å². The number of furan rings is 1. The summed E-state index contributed by atoms with van der Waals surface area (Å²) in [6, 6.07) is 6.64. The van der Waals surface area contributed by atoms with Gasteiger partial charge in [-0.05, 0) is 62.8 Å². The fraction of sp³-hybridized carbons (Fsp3) is 0.300. The molecule has 0 saturated heterocycles. The summed E-state index contributed by atoms with van der Waals surface area (Å²) in [5.74, 6) is -0.830. The van der Waals surface area contributed by atoms with E-state index in [1.54, 1.807) is 17.0 Å². The number of rotatable bonds is 8. The van der Waals surface area contributed by atoms with E-state index in [1.807, 2.05) is 36.5 Å². The highest BCUT2D eigenvalue weighted by Crippen LogP contribution is 2.39. The number of allylic oxidation sites excluding steroid dienone is 1. The normalized spacial score (nSPS) is 17.7. The summed E-state index contributed by atoms with van der Waals surface area (Å²) in [6.07, 6.45) is 5.13. The Morgan fingerprint density at radius 3 is 2.81 bits per heavy atom. The molecule has 2 aromatic rings. The van der Waals surface area contributed by atoms with E-state index >= 15 is 0 Å². The third-order valence-corrected chi connectivity index (χ3v) is 5.25. The average Bonchev–Trinajstić information content (AvgIpc) is 3.37. The van der Waals surface area contributed by atoms with E-state index in [1.165, 1.54) is 29.8 Å². The number of amides is 1. The zero-order chi connectivity index (χ0) is 19.4. The number of nitrogens with zero attached hydrogens (tertiary/aromatic N) is 2. The molecule has 3 heterocycles. The molecule has 0 aliphatic carbocycles. The number of aliphatic hydroxyl groups excluding tert-OH is 1. The Hall–Kier alpha value is -2.64. The SMILES string of the molecule is CN(C)CCCN1C(=O)C(O)=C(C(=O)/C=C/c2ccco2)C1c1cccs1. The van der Waals surface area contributed by atoms with Crippen molar-refractivity contribution in [1.29, 1.82) is 0 Å². The quantitative estimate of drug-likeness (QED) is 0.705. The van der Waals surface area contributed by atoms with Gasteiger partial charge in [-0.3, -0.25) is 9.59 Å². The second kappa shape index (κ2) is 8.37. The van der Waals surface area contributed by atoms with E-state index in [0.29, 0.717) is 12.3 Å². The van der Waals surface area contributed by atoms with Crippen LogP contribution in [0.25, 0.3) is 6.08 Å². The first-order valence-corrected chi connectivity index (χ1v) is 9.55. The van der Waals surface area contributed by atoms with Crippen molar-refractivity contribution < 1.29 is 19.1 Å². The lowest BCUT2D eigenvalue weighted by Gasteiger charge is -2.26. The lowest BCUT2D eigenvalue weighted by Crippen LogP contribution is -2.33. The van der Waals surface area contributed by atoms with Crippen molar-refractivity contribution in [1.82, 2.24) is 9.80 Å². The van der Waals surface area contributed by atoms with Gasteiger partial charge in [0.15, 0.2) is 11.5 Å². The topological polar surface area (TPSA) is 74.0 Å². The van der Waals surface area contributed by atoms with Crippen LogP contribution < -0.4 is 0 Å². The summed E-state index contributed by atoms with van der Waals surface area (Å²) >= 11 is 1.46. The molecular formula is C20H22N2O4S. The molecule has 1 amide bonds. The van der Waals surface area contributed by atoms with E-state index in [0.717, 1.165) is 17.8 Å². The van der Waals surface area contributed by atoms with E-state index in [2.05, 4.69) is 0 Å². The first kappa shape index (κ1) is 19.1. The summed E-state index contributed by atoms with van der Waals surface area (Å²) in [7, 11) is 3.93. The van der Waals surface area contributed by atoms with Gasteiger partial charge in [-0.15, -0.1) is 11.3 Å². The van der Waals surface area contributed by atoms with Crippen molar-refractivity contribution in [3.8, 4) is 0 Å². The van der Waals surface area contributed by atoms with E-state index in [4.69, 9.17) is 4.42 Å². The lowest BCUT2D eigenvalue weighted by atomic mass is 10.0. The van der Waals surface area contributed by atoms with Gasteiger partial charge in [-0.2, -0.15) is 0 Å². The number of hydrogen-bond donors (Lipinski definition) is 1. The number of thiophene rings is 1. The van der Waals surface area contributed by atoms with Crippen LogP contribution in [0.1, 0.15) is 23.1 Å². The molecule has 142 valence electrons. The molecule has 0 spiro atoms. The van der Waals surface area contributed by atoms with Crippen LogP contribution in [0, 0.1) is 0 Å². The Morgan fingerprint density at radius 1 is 1.37 bits per heavy atom. The van der Waals surface area contributed by atoms with Crippen molar-refractivity contribution in [3.05, 3.63) is 64.0 Å². The summed E-state index contributed by atoms with van der Waals surface area (Å²) in [4.78, 5) is 29.9. The maximum atomic E-state index is 12.8. The van der Waals surface area contributed by atoms with Crippen molar-refractivity contribution in [3.63, 3.8) is 0 Å². The standard InChI is InChI=1S/C20H22N2O4S/c1-21(2)10-5-11-22-18(16-7-4-13-27-16)17(19(24)20(22)25)15(23)9-8-14-6-3-12-26-14/h3-4,6-9,12-13,18,24H,5,10-11H2,1-2H3/b9-8+. The van der Waals surface area contributed by atoms with Crippen LogP contribution in [0.5, 0.6) is 0 Å². The summed E-state index contributed by atoms with van der Waals surface area (Å²) in [5.41, 5.74) is 0.120. The van der Waals surface area contributed by atoms with Gasteiger partial charge < -0.3 is 19.3 Å². The van der Waals surface area contributed by atoms with Crippen LogP contribution in [0.3, 0.4) is 0 Å². The molecule has 1 unspecified atom stereocenters. The third kappa shape index (κ3) is 4.20. The van der Waals surface area contributed by atoms with Gasteiger partial charge in [0, 0.05) is 11.4 Å². The first-order chi connectivity index (χ1) is 13.0. The van der Waals surface area contributed by atoms with E-state index < -0.39 is 23.5 Å². The molecule has 0 aromatic carbocycles. The number of hydrogen-bond acceptors (Lipinski definition) is 6. The molecule has 0 fully saturated rings. The highest BCUT2D eigenvalue weighted by atomic mass is 32.1. The predicted molar refractivity (Wildman–Crippen MR) is 104 cm³/mol. The molecule has 1 N–H and O–H groups in total. The monoisotopic (exact) mass is 386 g/mol. The average molecular weight is 386 g/mol. The van der Waals surface area contributed by atoms with Crippen LogP contribution >= 0.6 is 11.3 Å². The maximum absolute atomic E-state index is 12.8. The Kier molecular flexibility index (Phi) is 5.93. The lowest BCUT2D eigenvalue weighted by molar-refractivity contribution is -0.129. The second-order valence-electron chi connectivity index (χ2n) is 6.55. The van der Waals surface area contributed by atoms with Gasteiger partial charge in [-0.1, -0.05) is 6.07 Å². The molecular weight excluding hydrogens is 364 g/mol. The number of ketones is 1. The Bertz CT molecular complexity index is 851. The van der Waals surface area contributed by atoms with Crippen LogP contribution in [-0.2, 0) is 9.59 Å². The summed E-state index contributed by atoms with van der Waals surface area (Å²) in [5, 5.41) is 12.3. The minimum atomic E-state index is -0.562. The fourth-order valence-corrected chi connectivity index (χ4v) is 3.91. The third-order valence-electron chi connectivity index (χ3n) is 4.33. The first-order valence-electron chi connectivity index (χ1n) is 8.67. The number of carbonyl (C=O) groups is 2. The molecule has 7 heteroatoms. The molecule has 0 saturated carbocycles. The largest absolute Gasteiger partial charge is 0.503 e. The molecule has 1 atom stereocenters. The number of carbonyl (C=O) groups excluding carboxylic acids is 2. The van der Waals surface area contributed by atoms with Crippen LogP contribution in [0.2, 0.25) is 0 Å². The van der Waals surface area contributed by atoms with Crippen LogP contribution in [-0.4, -0.2) is 53.8 Å². The highest BCUT2D eigenvalue weighted by Gasteiger charge is 2.43. The highest BCUT2D eigenvalue weighted by molar-refractivity contribution is 7.10. The zero-order valence-electron chi connectivity index (χ0n) is 15.3. The van der Waals surface area contributed by atoms with Gasteiger partial charge in [0.05, 0.1) is 17.9 Å². The van der Waals surface area contributed by atoms with Crippen LogP contribution in [0.4, 0.5) is 0 Å². The summed E-state index contributed by atoms with van der Waals surface area (Å²) < 4.78 is 5.19. The van der Waals surface area contributed by atoms with Gasteiger partial charge in [0.25, 0.3) is 5.91 Å². The van der Waals surface area contributed by atoms with Crippen LogP contribution in [0.15, 0.2) is 57.7 Å².